The summed E-state index contributed by atoms with van der Waals surface area (Å²) in [7, 11) is -3.52. The zero-order valence-electron chi connectivity index (χ0n) is 19.2. The molecule has 0 atom stereocenters. The zero-order valence-corrected chi connectivity index (χ0v) is 20.1. The molecule has 2 aromatic carbocycles. The van der Waals surface area contributed by atoms with Gasteiger partial charge in [-0.15, -0.1) is 0 Å². The number of benzene rings is 2. The maximum atomic E-state index is 12.8. The molecule has 0 radical (unpaired) electrons. The predicted molar refractivity (Wildman–Crippen MR) is 130 cm³/mol. The maximum Gasteiger partial charge on any atom is 0.331 e. The Balaban J connectivity index is 1.48. The summed E-state index contributed by atoms with van der Waals surface area (Å²) in [4.78, 5) is 24.2. The third-order valence-electron chi connectivity index (χ3n) is 5.29. The quantitative estimate of drug-likeness (QED) is 0.427. The molecule has 1 amide bonds. The van der Waals surface area contributed by atoms with Crippen LogP contribution in [0.1, 0.15) is 38.2 Å². The lowest BCUT2D eigenvalue weighted by molar-refractivity contribution is -0.142. The molecule has 1 aliphatic heterocycles. The first-order valence-electron chi connectivity index (χ1n) is 11.4. The summed E-state index contributed by atoms with van der Waals surface area (Å²) in [6.45, 7) is 3.10. The Kier molecular flexibility index (Phi) is 9.24. The van der Waals surface area contributed by atoms with Crippen LogP contribution in [0.15, 0.2) is 59.5 Å². The average Bonchev–Trinajstić information content (AvgIpc) is 3.13. The first-order chi connectivity index (χ1) is 16.4. The van der Waals surface area contributed by atoms with Gasteiger partial charge in [-0.05, 0) is 67.8 Å². The van der Waals surface area contributed by atoms with Gasteiger partial charge in [0, 0.05) is 24.9 Å². The van der Waals surface area contributed by atoms with Gasteiger partial charge in [0.05, 0.1) is 11.5 Å². The molecule has 0 aliphatic carbocycles. The average molecular weight is 487 g/mol. The molecule has 1 N–H and O–H groups in total. The number of hydrogen-bond donors (Lipinski definition) is 1. The second kappa shape index (κ2) is 12.3. The summed E-state index contributed by atoms with van der Waals surface area (Å²) < 4.78 is 37.5. The fraction of sp³-hybridized carbons (Fsp3) is 0.360. The molecule has 0 spiro atoms. The monoisotopic (exact) mass is 486 g/mol. The number of hydrogen-bond acceptors (Lipinski definition) is 6. The van der Waals surface area contributed by atoms with Crippen LogP contribution < -0.4 is 10.1 Å². The molecule has 34 heavy (non-hydrogen) atoms. The van der Waals surface area contributed by atoms with Crippen molar-refractivity contribution in [3.8, 4) is 5.75 Å². The Labute approximate surface area is 200 Å². The van der Waals surface area contributed by atoms with Crippen molar-refractivity contribution in [2.24, 2.45) is 0 Å². The Morgan fingerprint density at radius 2 is 1.62 bits per heavy atom. The van der Waals surface area contributed by atoms with Gasteiger partial charge in [-0.1, -0.05) is 25.0 Å². The SMILES string of the molecule is CCOc1ccc(NC(=O)COC(=O)C=Cc2ccc(S(=O)(=O)N3CCCCCC3)cc2)cc1. The molecule has 0 unspecified atom stereocenters. The third kappa shape index (κ3) is 7.43. The molecule has 1 aliphatic rings. The number of esters is 1. The van der Waals surface area contributed by atoms with Crippen molar-refractivity contribution in [2.45, 2.75) is 37.5 Å². The first-order valence-corrected chi connectivity index (χ1v) is 12.8. The van der Waals surface area contributed by atoms with Gasteiger partial charge in [0.1, 0.15) is 5.75 Å². The normalized spacial score (nSPS) is 15.0. The number of ether oxygens (including phenoxy) is 2. The number of carbonyl (C=O) groups excluding carboxylic acids is 2. The van der Waals surface area contributed by atoms with E-state index in [2.05, 4.69) is 5.32 Å². The highest BCUT2D eigenvalue weighted by molar-refractivity contribution is 7.89. The van der Waals surface area contributed by atoms with E-state index in [9.17, 15) is 18.0 Å². The van der Waals surface area contributed by atoms with E-state index in [1.165, 1.54) is 24.3 Å². The Morgan fingerprint density at radius 3 is 2.24 bits per heavy atom. The molecule has 2 aromatic rings. The van der Waals surface area contributed by atoms with Gasteiger partial charge < -0.3 is 14.8 Å². The third-order valence-corrected chi connectivity index (χ3v) is 7.20. The molecule has 3 rings (SSSR count). The van der Waals surface area contributed by atoms with Crippen LogP contribution in [0, 0.1) is 0 Å². The predicted octanol–water partition coefficient (Wildman–Crippen LogP) is 3.85. The topological polar surface area (TPSA) is 102 Å². The smallest absolute Gasteiger partial charge is 0.331 e. The van der Waals surface area contributed by atoms with E-state index < -0.39 is 28.5 Å². The number of sulfonamides is 1. The van der Waals surface area contributed by atoms with Crippen LogP contribution in [0.5, 0.6) is 5.75 Å². The van der Waals surface area contributed by atoms with Crippen molar-refractivity contribution in [1.29, 1.82) is 0 Å². The van der Waals surface area contributed by atoms with E-state index in [0.29, 0.717) is 36.7 Å². The minimum absolute atomic E-state index is 0.236. The summed E-state index contributed by atoms with van der Waals surface area (Å²) >= 11 is 0. The molecule has 0 aromatic heterocycles. The van der Waals surface area contributed by atoms with Gasteiger partial charge in [0.2, 0.25) is 10.0 Å². The molecule has 182 valence electrons. The van der Waals surface area contributed by atoms with Crippen LogP contribution in [0.3, 0.4) is 0 Å². The van der Waals surface area contributed by atoms with E-state index in [-0.39, 0.29) is 4.90 Å². The molecule has 8 nitrogen and oxygen atoms in total. The molecule has 1 saturated heterocycles. The lowest BCUT2D eigenvalue weighted by Crippen LogP contribution is -2.31. The van der Waals surface area contributed by atoms with Crippen molar-refractivity contribution < 1.29 is 27.5 Å². The van der Waals surface area contributed by atoms with Crippen molar-refractivity contribution >= 4 is 33.7 Å². The number of carbonyl (C=O) groups is 2. The highest BCUT2D eigenvalue weighted by atomic mass is 32.2. The van der Waals surface area contributed by atoms with E-state index in [4.69, 9.17) is 9.47 Å². The second-order valence-corrected chi connectivity index (χ2v) is 9.77. The summed E-state index contributed by atoms with van der Waals surface area (Å²) in [6.07, 6.45) is 6.56. The van der Waals surface area contributed by atoms with Crippen molar-refractivity contribution in [3.05, 3.63) is 60.2 Å². The Hall–Kier alpha value is -3.17. The minimum Gasteiger partial charge on any atom is -0.494 e. The lowest BCUT2D eigenvalue weighted by Gasteiger charge is -2.19. The van der Waals surface area contributed by atoms with E-state index >= 15 is 0 Å². The van der Waals surface area contributed by atoms with Crippen LogP contribution in [-0.2, 0) is 24.3 Å². The number of amides is 1. The van der Waals surface area contributed by atoms with Crippen molar-refractivity contribution in [3.63, 3.8) is 0 Å². The summed E-state index contributed by atoms with van der Waals surface area (Å²) in [6, 6.07) is 13.2. The molecule has 1 fully saturated rings. The van der Waals surface area contributed by atoms with Crippen LogP contribution in [0.25, 0.3) is 6.08 Å². The van der Waals surface area contributed by atoms with Gasteiger partial charge in [-0.3, -0.25) is 4.79 Å². The minimum atomic E-state index is -3.52. The first kappa shape index (κ1) is 25.5. The molecule has 9 heteroatoms. The lowest BCUT2D eigenvalue weighted by atomic mass is 10.2. The largest absolute Gasteiger partial charge is 0.494 e. The van der Waals surface area contributed by atoms with Gasteiger partial charge >= 0.3 is 5.97 Å². The summed E-state index contributed by atoms with van der Waals surface area (Å²) in [5, 5.41) is 2.63. The van der Waals surface area contributed by atoms with Crippen molar-refractivity contribution in [1.82, 2.24) is 4.31 Å². The van der Waals surface area contributed by atoms with Crippen LogP contribution >= 0.6 is 0 Å². The molecular formula is C25H30N2O6S. The highest BCUT2D eigenvalue weighted by Crippen LogP contribution is 2.21. The van der Waals surface area contributed by atoms with Gasteiger partial charge in [-0.25, -0.2) is 13.2 Å². The molecular weight excluding hydrogens is 456 g/mol. The summed E-state index contributed by atoms with van der Waals surface area (Å²) in [5.41, 5.74) is 1.21. The number of anilines is 1. The Bertz CT molecular complexity index is 1090. The van der Waals surface area contributed by atoms with Crippen LogP contribution in [-0.4, -0.2) is 50.9 Å². The standard InChI is InChI=1S/C25H30N2O6S/c1-2-32-22-12-10-21(11-13-22)26-24(28)19-33-25(29)16-9-20-7-14-23(15-8-20)34(30,31)27-17-5-3-4-6-18-27/h7-16H,2-6,17-19H2,1H3,(H,26,28). The zero-order chi connectivity index (χ0) is 24.4. The number of nitrogens with one attached hydrogen (secondary N) is 1. The highest BCUT2D eigenvalue weighted by Gasteiger charge is 2.24. The van der Waals surface area contributed by atoms with Gasteiger partial charge in [0.25, 0.3) is 5.91 Å². The van der Waals surface area contributed by atoms with E-state index in [0.717, 1.165) is 25.7 Å². The van der Waals surface area contributed by atoms with Crippen molar-refractivity contribution in [2.75, 3.05) is 31.6 Å². The van der Waals surface area contributed by atoms with Gasteiger partial charge in [0.15, 0.2) is 6.61 Å². The fourth-order valence-corrected chi connectivity index (χ4v) is 5.05. The van der Waals surface area contributed by atoms with Gasteiger partial charge in [-0.2, -0.15) is 4.31 Å². The van der Waals surface area contributed by atoms with Crippen LogP contribution in [0.4, 0.5) is 5.69 Å². The molecule has 0 bridgehead atoms. The second-order valence-electron chi connectivity index (χ2n) is 7.83. The van der Waals surface area contributed by atoms with E-state index in [1.807, 2.05) is 6.92 Å². The number of nitrogens with zero attached hydrogens (tertiary/aromatic N) is 1. The number of rotatable bonds is 9. The molecule has 0 saturated carbocycles. The van der Waals surface area contributed by atoms with E-state index in [1.54, 1.807) is 40.7 Å². The van der Waals surface area contributed by atoms with Crippen LogP contribution in [0.2, 0.25) is 0 Å². The molecule has 1 heterocycles. The Morgan fingerprint density at radius 1 is 0.971 bits per heavy atom. The fourth-order valence-electron chi connectivity index (χ4n) is 3.53. The maximum absolute atomic E-state index is 12.8. The summed E-state index contributed by atoms with van der Waals surface area (Å²) in [5.74, 6) is -0.443.